The van der Waals surface area contributed by atoms with Crippen LogP contribution in [0.2, 0.25) is 0 Å². The van der Waals surface area contributed by atoms with Crippen molar-refractivity contribution >= 4 is 0 Å². The summed E-state index contributed by atoms with van der Waals surface area (Å²) < 4.78 is 89.4. The average Bonchev–Trinajstić information content (AvgIpc) is 3.04. The topological polar surface area (TPSA) is 152 Å². The van der Waals surface area contributed by atoms with E-state index in [-0.39, 0.29) is 6.42 Å². The van der Waals surface area contributed by atoms with Gasteiger partial charge in [0.15, 0.2) is 6.29 Å². The van der Waals surface area contributed by atoms with E-state index in [0.29, 0.717) is 10.8 Å². The van der Waals surface area contributed by atoms with E-state index in [1.807, 2.05) is 0 Å². The summed E-state index contributed by atoms with van der Waals surface area (Å²) in [7, 11) is 0. The van der Waals surface area contributed by atoms with Crippen molar-refractivity contribution in [2.45, 2.75) is 43.4 Å². The van der Waals surface area contributed by atoms with E-state index in [1.54, 1.807) is 4.98 Å². The first kappa shape index (κ1) is 24.7. The van der Waals surface area contributed by atoms with Gasteiger partial charge in [0.2, 0.25) is 0 Å². The maximum Gasteiger partial charge on any atom is 0.411 e. The molecule has 3 unspecified atom stereocenters. The minimum Gasteiger partial charge on any atom is -0.394 e. The van der Waals surface area contributed by atoms with Gasteiger partial charge >= 0.3 is 18.0 Å². The Morgan fingerprint density at radius 3 is 2.32 bits per heavy atom. The third-order valence-corrected chi connectivity index (χ3v) is 3.94. The predicted octanol–water partition coefficient (Wildman–Crippen LogP) is 1.65. The lowest BCUT2D eigenvalue weighted by molar-refractivity contribution is -0.262. The van der Waals surface area contributed by atoms with Gasteiger partial charge in [-0.25, -0.2) is 4.79 Å². The van der Waals surface area contributed by atoms with Crippen molar-refractivity contribution in [3.63, 3.8) is 0 Å². The van der Waals surface area contributed by atoms with E-state index in [9.17, 15) is 41.0 Å². The summed E-state index contributed by atoms with van der Waals surface area (Å²) in [5, 5.41) is 12.6. The van der Waals surface area contributed by atoms with E-state index in [2.05, 4.69) is 19.5 Å². The van der Waals surface area contributed by atoms with Gasteiger partial charge in [0.1, 0.15) is 19.4 Å². The first-order valence-electron chi connectivity index (χ1n) is 8.37. The summed E-state index contributed by atoms with van der Waals surface area (Å²) in [6.07, 6.45) is -14.2. The number of hydrogen-bond acceptors (Lipinski definition) is 7. The van der Waals surface area contributed by atoms with E-state index < -0.39 is 73.6 Å². The molecule has 1 aromatic rings. The molecule has 0 aromatic carbocycles. The van der Waals surface area contributed by atoms with Crippen LogP contribution in [0, 0.1) is 0 Å². The standard InChI is InChI=1S/C14H15F6N5O6/c15-13(16,17)4-29-11(30-5-14(18,19)20)6-2-25(12(28)22-10(6)27)9-1-7(23-24-21)8(3-26)31-9/h2,7-9,11,26H,1,3-5H2,(H,22,27,28). The summed E-state index contributed by atoms with van der Waals surface area (Å²) in [5.74, 6) is 0. The number of nitrogens with one attached hydrogen (secondary N) is 1. The van der Waals surface area contributed by atoms with Crippen LogP contribution in [-0.4, -0.2) is 59.0 Å². The highest BCUT2D eigenvalue weighted by Gasteiger charge is 2.38. The Bertz CT molecular complexity index is 906. The van der Waals surface area contributed by atoms with Crippen molar-refractivity contribution in [1.29, 1.82) is 0 Å². The number of alkyl halides is 6. The fourth-order valence-corrected chi connectivity index (χ4v) is 2.69. The minimum absolute atomic E-state index is 0.182. The van der Waals surface area contributed by atoms with Crippen LogP contribution < -0.4 is 11.2 Å². The van der Waals surface area contributed by atoms with E-state index in [0.717, 1.165) is 0 Å². The van der Waals surface area contributed by atoms with Crippen molar-refractivity contribution < 1.29 is 45.7 Å². The Morgan fingerprint density at radius 2 is 1.84 bits per heavy atom. The number of aliphatic hydroxyl groups excluding tert-OH is 1. The minimum atomic E-state index is -4.95. The Hall–Kier alpha value is -2.59. The summed E-state index contributed by atoms with van der Waals surface area (Å²) in [6.45, 7) is -4.70. The molecular weight excluding hydrogens is 448 g/mol. The predicted molar refractivity (Wildman–Crippen MR) is 86.6 cm³/mol. The Labute approximate surface area is 167 Å². The van der Waals surface area contributed by atoms with Crippen LogP contribution in [0.15, 0.2) is 20.9 Å². The van der Waals surface area contributed by atoms with Gasteiger partial charge in [0.25, 0.3) is 5.56 Å². The molecule has 11 nitrogen and oxygen atoms in total. The number of aliphatic hydroxyl groups is 1. The maximum atomic E-state index is 12.5. The molecule has 1 aliphatic rings. The van der Waals surface area contributed by atoms with Gasteiger partial charge in [0.05, 0.1) is 24.3 Å². The second kappa shape index (κ2) is 9.69. The zero-order valence-corrected chi connectivity index (χ0v) is 15.3. The first-order chi connectivity index (χ1) is 14.3. The van der Waals surface area contributed by atoms with Crippen LogP contribution in [0.3, 0.4) is 0 Å². The number of H-pyrrole nitrogens is 1. The van der Waals surface area contributed by atoms with Gasteiger partial charge in [-0.15, -0.1) is 0 Å². The fourth-order valence-electron chi connectivity index (χ4n) is 2.69. The molecule has 0 aliphatic carbocycles. The molecular formula is C14H15F6N5O6. The largest absolute Gasteiger partial charge is 0.411 e. The van der Waals surface area contributed by atoms with Gasteiger partial charge in [-0.3, -0.25) is 14.3 Å². The lowest BCUT2D eigenvalue weighted by Gasteiger charge is -2.22. The molecule has 17 heteroatoms. The number of aromatic nitrogens is 2. The summed E-state index contributed by atoms with van der Waals surface area (Å²) in [5.41, 5.74) is 5.20. The first-order valence-corrected chi connectivity index (χ1v) is 8.37. The number of azide groups is 1. The molecule has 174 valence electrons. The smallest absolute Gasteiger partial charge is 0.394 e. The third kappa shape index (κ3) is 6.96. The molecule has 1 fully saturated rings. The summed E-state index contributed by atoms with van der Waals surface area (Å²) in [4.78, 5) is 28.4. The summed E-state index contributed by atoms with van der Waals surface area (Å²) in [6, 6.07) is -0.930. The Morgan fingerprint density at radius 1 is 1.26 bits per heavy atom. The van der Waals surface area contributed by atoms with Crippen LogP contribution >= 0.6 is 0 Å². The van der Waals surface area contributed by atoms with Gasteiger partial charge in [0, 0.05) is 17.5 Å². The molecule has 2 N–H and O–H groups in total. The number of nitrogens with zero attached hydrogens (tertiary/aromatic N) is 4. The van der Waals surface area contributed by atoms with Crippen LogP contribution in [0.25, 0.3) is 10.4 Å². The zero-order valence-electron chi connectivity index (χ0n) is 15.3. The normalized spacial score (nSPS) is 22.0. The highest BCUT2D eigenvalue weighted by molar-refractivity contribution is 5.08. The molecule has 1 aliphatic heterocycles. The lowest BCUT2D eigenvalue weighted by Crippen LogP contribution is -2.37. The van der Waals surface area contributed by atoms with Crippen molar-refractivity contribution in [3.05, 3.63) is 43.0 Å². The maximum absolute atomic E-state index is 12.5. The third-order valence-electron chi connectivity index (χ3n) is 3.94. The molecule has 1 saturated heterocycles. The molecule has 0 saturated carbocycles. The molecule has 1 aromatic heterocycles. The SMILES string of the molecule is [N-]=[N+]=NC1CC(n2cc(C(OCC(F)(F)F)OCC(F)(F)F)c(=O)[nH]c2=O)OC1CO. The number of hydrogen-bond donors (Lipinski definition) is 2. The molecule has 2 rings (SSSR count). The zero-order chi connectivity index (χ0) is 23.4. The van der Waals surface area contributed by atoms with E-state index in [4.69, 9.17) is 10.3 Å². The van der Waals surface area contributed by atoms with Gasteiger partial charge in [-0.05, 0) is 5.53 Å². The van der Waals surface area contributed by atoms with Crippen LogP contribution in [0.4, 0.5) is 26.3 Å². The summed E-state index contributed by atoms with van der Waals surface area (Å²) >= 11 is 0. The number of halogens is 6. The van der Waals surface area contributed by atoms with Crippen molar-refractivity contribution in [1.82, 2.24) is 9.55 Å². The van der Waals surface area contributed by atoms with Gasteiger partial charge in [-0.1, -0.05) is 5.11 Å². The Kier molecular flexibility index (Phi) is 7.72. The van der Waals surface area contributed by atoms with Crippen LogP contribution in [0.1, 0.15) is 24.5 Å². The molecule has 2 heterocycles. The fraction of sp³-hybridized carbons (Fsp3) is 0.714. The monoisotopic (exact) mass is 463 g/mol. The van der Waals surface area contributed by atoms with E-state index in [1.165, 1.54) is 0 Å². The molecule has 3 atom stereocenters. The lowest BCUT2D eigenvalue weighted by atomic mass is 10.1. The second-order valence-corrected chi connectivity index (χ2v) is 6.26. The quantitative estimate of drug-likeness (QED) is 0.197. The van der Waals surface area contributed by atoms with Crippen molar-refractivity contribution in [2.75, 3.05) is 19.8 Å². The molecule has 0 bridgehead atoms. The number of aromatic amines is 1. The second-order valence-electron chi connectivity index (χ2n) is 6.26. The highest BCUT2D eigenvalue weighted by Crippen LogP contribution is 2.31. The average molecular weight is 463 g/mol. The molecule has 0 radical (unpaired) electrons. The van der Waals surface area contributed by atoms with Crippen molar-refractivity contribution in [3.8, 4) is 0 Å². The molecule has 0 amide bonds. The van der Waals surface area contributed by atoms with Crippen LogP contribution in [0.5, 0.6) is 0 Å². The number of rotatable bonds is 8. The van der Waals surface area contributed by atoms with Crippen LogP contribution in [-0.2, 0) is 14.2 Å². The van der Waals surface area contributed by atoms with E-state index >= 15 is 0 Å². The molecule has 31 heavy (non-hydrogen) atoms. The Balaban J connectivity index is 2.39. The van der Waals surface area contributed by atoms with Crippen molar-refractivity contribution in [2.24, 2.45) is 5.11 Å². The number of ether oxygens (including phenoxy) is 3. The van der Waals surface area contributed by atoms with Gasteiger partial charge < -0.3 is 19.3 Å². The highest BCUT2D eigenvalue weighted by atomic mass is 19.4. The molecule has 0 spiro atoms. The van der Waals surface area contributed by atoms with Gasteiger partial charge in [-0.2, -0.15) is 26.3 Å².